The number of anilines is 1. The fourth-order valence-electron chi connectivity index (χ4n) is 1.44. The first-order chi connectivity index (χ1) is 8.08. The molecule has 0 radical (unpaired) electrons. The Kier molecular flexibility index (Phi) is 5.65. The summed E-state index contributed by atoms with van der Waals surface area (Å²) in [6.45, 7) is 2.05. The number of benzene rings is 1. The van der Waals surface area contributed by atoms with Gasteiger partial charge in [-0.05, 0) is 30.9 Å². The molecule has 1 aromatic carbocycles. The zero-order chi connectivity index (χ0) is 12.8. The summed E-state index contributed by atoms with van der Waals surface area (Å²) in [6, 6.07) is 5.09. The Bertz CT molecular complexity index is 398. The van der Waals surface area contributed by atoms with E-state index >= 15 is 0 Å². The summed E-state index contributed by atoms with van der Waals surface area (Å²) < 4.78 is 0. The molecule has 0 aliphatic heterocycles. The van der Waals surface area contributed by atoms with Gasteiger partial charge in [-0.15, -0.1) is 0 Å². The zero-order valence-electron chi connectivity index (χ0n) is 10.00. The number of thioether (sulfide) groups is 1. The Balaban J connectivity index is 2.75. The summed E-state index contributed by atoms with van der Waals surface area (Å²) in [5.41, 5.74) is 6.61. The monoisotopic (exact) mass is 272 g/mol. The summed E-state index contributed by atoms with van der Waals surface area (Å²) in [5, 5.41) is 3.35. The van der Waals surface area contributed by atoms with Crippen molar-refractivity contribution in [1.29, 1.82) is 0 Å². The first-order valence-electron chi connectivity index (χ1n) is 5.43. The van der Waals surface area contributed by atoms with E-state index in [1.807, 2.05) is 13.2 Å². The van der Waals surface area contributed by atoms with E-state index in [4.69, 9.17) is 17.3 Å². The molecule has 0 aliphatic rings. The van der Waals surface area contributed by atoms with E-state index in [2.05, 4.69) is 5.32 Å². The first-order valence-corrected chi connectivity index (χ1v) is 7.20. The van der Waals surface area contributed by atoms with Crippen molar-refractivity contribution in [3.8, 4) is 0 Å². The molecule has 1 aromatic rings. The molecule has 1 amide bonds. The minimum atomic E-state index is -0.143. The zero-order valence-corrected chi connectivity index (χ0v) is 11.6. The molecule has 0 aliphatic carbocycles. The van der Waals surface area contributed by atoms with Gasteiger partial charge >= 0.3 is 0 Å². The minimum absolute atomic E-state index is 0.143. The van der Waals surface area contributed by atoms with Crippen LogP contribution < -0.4 is 11.1 Å². The van der Waals surface area contributed by atoms with E-state index in [1.54, 1.807) is 30.0 Å². The third-order valence-electron chi connectivity index (χ3n) is 2.43. The van der Waals surface area contributed by atoms with Crippen molar-refractivity contribution in [2.75, 3.05) is 17.7 Å². The molecular weight excluding hydrogens is 256 g/mol. The largest absolute Gasteiger partial charge is 0.399 e. The van der Waals surface area contributed by atoms with Crippen LogP contribution in [0, 0.1) is 0 Å². The van der Waals surface area contributed by atoms with Gasteiger partial charge in [-0.3, -0.25) is 4.79 Å². The predicted octanol–water partition coefficient (Wildman–Crippen LogP) is 2.79. The fourth-order valence-corrected chi connectivity index (χ4v) is 2.44. The Morgan fingerprint density at radius 3 is 2.82 bits per heavy atom. The second kappa shape index (κ2) is 6.77. The molecule has 0 bridgehead atoms. The lowest BCUT2D eigenvalue weighted by Crippen LogP contribution is -2.36. The normalized spacial score (nSPS) is 12.2. The van der Waals surface area contributed by atoms with E-state index < -0.39 is 0 Å². The topological polar surface area (TPSA) is 55.1 Å². The molecule has 1 unspecified atom stereocenters. The van der Waals surface area contributed by atoms with Gasteiger partial charge in [0.25, 0.3) is 5.91 Å². The lowest BCUT2D eigenvalue weighted by molar-refractivity contribution is 0.0940. The molecule has 1 atom stereocenters. The maximum absolute atomic E-state index is 12.0. The van der Waals surface area contributed by atoms with Gasteiger partial charge in [-0.1, -0.05) is 18.5 Å². The van der Waals surface area contributed by atoms with Crippen molar-refractivity contribution in [3.63, 3.8) is 0 Å². The smallest absolute Gasteiger partial charge is 0.253 e. The van der Waals surface area contributed by atoms with Gasteiger partial charge in [0.05, 0.1) is 10.6 Å². The van der Waals surface area contributed by atoms with Gasteiger partial charge in [0.15, 0.2) is 0 Å². The van der Waals surface area contributed by atoms with Crippen LogP contribution in [-0.4, -0.2) is 24.0 Å². The lowest BCUT2D eigenvalue weighted by Gasteiger charge is -2.16. The van der Waals surface area contributed by atoms with E-state index in [0.29, 0.717) is 16.3 Å². The van der Waals surface area contributed by atoms with Crippen molar-refractivity contribution in [2.45, 2.75) is 19.4 Å². The second-order valence-electron chi connectivity index (χ2n) is 3.77. The third kappa shape index (κ3) is 4.13. The van der Waals surface area contributed by atoms with Crippen LogP contribution in [0.2, 0.25) is 5.02 Å². The highest BCUT2D eigenvalue weighted by Crippen LogP contribution is 2.19. The Hall–Kier alpha value is -0.870. The van der Waals surface area contributed by atoms with Crippen LogP contribution in [0.1, 0.15) is 23.7 Å². The van der Waals surface area contributed by atoms with Crippen LogP contribution in [0.3, 0.4) is 0 Å². The summed E-state index contributed by atoms with van der Waals surface area (Å²) in [5.74, 6) is 0.755. The molecule has 94 valence electrons. The Morgan fingerprint density at radius 1 is 1.59 bits per heavy atom. The van der Waals surface area contributed by atoms with Crippen LogP contribution in [0.5, 0.6) is 0 Å². The van der Waals surface area contributed by atoms with Crippen molar-refractivity contribution in [1.82, 2.24) is 5.32 Å². The lowest BCUT2D eigenvalue weighted by atomic mass is 10.1. The Morgan fingerprint density at radius 2 is 2.29 bits per heavy atom. The predicted molar refractivity (Wildman–Crippen MR) is 75.8 cm³/mol. The number of carbonyl (C=O) groups is 1. The molecule has 0 fully saturated rings. The number of hydrogen-bond donors (Lipinski definition) is 2. The number of carbonyl (C=O) groups excluding carboxylic acids is 1. The molecule has 0 saturated carbocycles. The van der Waals surface area contributed by atoms with Crippen LogP contribution >= 0.6 is 23.4 Å². The molecule has 17 heavy (non-hydrogen) atoms. The van der Waals surface area contributed by atoms with Gasteiger partial charge in [0, 0.05) is 17.5 Å². The number of halogens is 1. The van der Waals surface area contributed by atoms with Gasteiger partial charge < -0.3 is 11.1 Å². The van der Waals surface area contributed by atoms with Gasteiger partial charge in [-0.2, -0.15) is 11.8 Å². The quantitative estimate of drug-likeness (QED) is 0.811. The van der Waals surface area contributed by atoms with Crippen molar-refractivity contribution >= 4 is 35.0 Å². The van der Waals surface area contributed by atoms with Crippen molar-refractivity contribution in [2.24, 2.45) is 0 Å². The number of nitrogens with one attached hydrogen (secondary N) is 1. The second-order valence-corrected chi connectivity index (χ2v) is 5.09. The Labute approximate surface area is 111 Å². The third-order valence-corrected chi connectivity index (χ3v) is 3.48. The highest BCUT2D eigenvalue weighted by Gasteiger charge is 2.14. The molecular formula is C12H17ClN2OS. The molecule has 1 rings (SSSR count). The average Bonchev–Trinajstić information content (AvgIpc) is 2.28. The molecule has 3 N–H and O–H groups in total. The average molecular weight is 273 g/mol. The number of nitrogen functional groups attached to an aromatic ring is 1. The summed E-state index contributed by atoms with van der Waals surface area (Å²) in [6.07, 6.45) is 2.92. The maximum Gasteiger partial charge on any atom is 0.253 e. The molecule has 0 heterocycles. The van der Waals surface area contributed by atoms with Gasteiger partial charge in [0.2, 0.25) is 0 Å². The van der Waals surface area contributed by atoms with E-state index in [1.165, 1.54) is 0 Å². The highest BCUT2D eigenvalue weighted by molar-refractivity contribution is 7.98. The number of amides is 1. The van der Waals surface area contributed by atoms with Crippen molar-refractivity contribution < 1.29 is 4.79 Å². The summed E-state index contributed by atoms with van der Waals surface area (Å²) >= 11 is 7.69. The standard InChI is InChI=1S/C12H17ClN2OS/c1-3-9(7-17-2)15-12(16)10-5-4-8(14)6-11(10)13/h4-6,9H,3,7,14H2,1-2H3,(H,15,16). The summed E-state index contributed by atoms with van der Waals surface area (Å²) in [4.78, 5) is 12.0. The van der Waals surface area contributed by atoms with Gasteiger partial charge in [-0.25, -0.2) is 0 Å². The maximum atomic E-state index is 12.0. The van der Waals surface area contributed by atoms with E-state index in [-0.39, 0.29) is 11.9 Å². The SMILES string of the molecule is CCC(CSC)NC(=O)c1ccc(N)cc1Cl. The number of rotatable bonds is 5. The molecule has 3 nitrogen and oxygen atoms in total. The first kappa shape index (κ1) is 14.2. The minimum Gasteiger partial charge on any atom is -0.399 e. The van der Waals surface area contributed by atoms with Crippen LogP contribution in [-0.2, 0) is 0 Å². The molecule has 5 heteroatoms. The summed E-state index contributed by atoms with van der Waals surface area (Å²) in [7, 11) is 0. The van der Waals surface area contributed by atoms with Crippen molar-refractivity contribution in [3.05, 3.63) is 28.8 Å². The molecule has 0 aromatic heterocycles. The van der Waals surface area contributed by atoms with Crippen LogP contribution in [0.25, 0.3) is 0 Å². The number of nitrogens with two attached hydrogens (primary N) is 1. The number of hydrogen-bond acceptors (Lipinski definition) is 3. The van der Waals surface area contributed by atoms with E-state index in [0.717, 1.165) is 12.2 Å². The molecule has 0 spiro atoms. The molecule has 0 saturated heterocycles. The highest BCUT2D eigenvalue weighted by atomic mass is 35.5. The van der Waals surface area contributed by atoms with Crippen LogP contribution in [0.15, 0.2) is 18.2 Å². The van der Waals surface area contributed by atoms with E-state index in [9.17, 15) is 4.79 Å². The fraction of sp³-hybridized carbons (Fsp3) is 0.417. The van der Waals surface area contributed by atoms with Crippen LogP contribution in [0.4, 0.5) is 5.69 Å². The van der Waals surface area contributed by atoms with Gasteiger partial charge in [0.1, 0.15) is 0 Å².